The van der Waals surface area contributed by atoms with Crippen LogP contribution in [-0.2, 0) is 13.6 Å². The van der Waals surface area contributed by atoms with E-state index in [-0.39, 0.29) is 5.91 Å². The van der Waals surface area contributed by atoms with Gasteiger partial charge in [-0.25, -0.2) is 0 Å². The average Bonchev–Trinajstić information content (AvgIpc) is 2.95. The number of rotatable bonds is 5. The van der Waals surface area contributed by atoms with Crippen molar-refractivity contribution in [2.24, 2.45) is 7.05 Å². The van der Waals surface area contributed by atoms with Gasteiger partial charge >= 0.3 is 0 Å². The Morgan fingerprint density at radius 3 is 2.89 bits per heavy atom. The summed E-state index contributed by atoms with van der Waals surface area (Å²) in [6.45, 7) is 3.02. The Morgan fingerprint density at radius 1 is 1.53 bits per heavy atom. The molecule has 2 rings (SSSR count). The minimum atomic E-state index is -0.216. The molecule has 102 valence electrons. The van der Waals surface area contributed by atoms with Crippen LogP contribution in [0.5, 0.6) is 0 Å². The van der Waals surface area contributed by atoms with Crippen LogP contribution in [0.1, 0.15) is 22.6 Å². The van der Waals surface area contributed by atoms with Gasteiger partial charge in [0.1, 0.15) is 5.69 Å². The molecule has 2 aromatic rings. The Hall–Kier alpha value is -1.89. The van der Waals surface area contributed by atoms with E-state index in [2.05, 4.69) is 20.7 Å². The number of nitrogens with one attached hydrogen (secondary N) is 1. The molecule has 0 unspecified atom stereocenters. The zero-order valence-electron chi connectivity index (χ0n) is 10.8. The first-order valence-corrected chi connectivity index (χ1v) is 6.29. The predicted molar refractivity (Wildman–Crippen MR) is 69.9 cm³/mol. The molecule has 0 bridgehead atoms. The van der Waals surface area contributed by atoms with Crippen molar-refractivity contribution < 1.29 is 4.79 Å². The minimum Gasteiger partial charge on any atom is -0.351 e. The van der Waals surface area contributed by atoms with E-state index in [0.29, 0.717) is 29.5 Å². The summed E-state index contributed by atoms with van der Waals surface area (Å²) in [6.07, 6.45) is 4.17. The highest BCUT2D eigenvalue weighted by atomic mass is 35.5. The van der Waals surface area contributed by atoms with Crippen LogP contribution in [0.4, 0.5) is 0 Å². The summed E-state index contributed by atoms with van der Waals surface area (Å²) >= 11 is 6.04. The van der Waals surface area contributed by atoms with E-state index in [0.717, 1.165) is 6.42 Å². The summed E-state index contributed by atoms with van der Waals surface area (Å²) in [5, 5.41) is 14.9. The standard InChI is InChI=1S/C11H15ClN6O/c1-8-9(12)10(17(2)15-8)11(19)13-4-3-6-18-7-5-14-16-18/h5,7H,3-4,6H2,1-2H3,(H,13,19). The molecule has 0 spiro atoms. The van der Waals surface area contributed by atoms with E-state index in [4.69, 9.17) is 11.6 Å². The molecule has 0 aliphatic rings. The maximum atomic E-state index is 12.0. The summed E-state index contributed by atoms with van der Waals surface area (Å²) in [5.74, 6) is -0.216. The zero-order valence-corrected chi connectivity index (χ0v) is 11.6. The van der Waals surface area contributed by atoms with Crippen LogP contribution in [0.2, 0.25) is 5.02 Å². The van der Waals surface area contributed by atoms with Gasteiger partial charge in [-0.2, -0.15) is 5.10 Å². The fraction of sp³-hybridized carbons (Fsp3) is 0.455. The molecule has 0 aromatic carbocycles. The van der Waals surface area contributed by atoms with Gasteiger partial charge in [-0.3, -0.25) is 14.2 Å². The first-order chi connectivity index (χ1) is 9.09. The Balaban J connectivity index is 1.84. The van der Waals surface area contributed by atoms with Crippen LogP contribution in [-0.4, -0.2) is 37.2 Å². The number of aromatic nitrogens is 5. The van der Waals surface area contributed by atoms with Gasteiger partial charge < -0.3 is 5.32 Å². The van der Waals surface area contributed by atoms with Crippen LogP contribution < -0.4 is 5.32 Å². The van der Waals surface area contributed by atoms with Gasteiger partial charge in [0.05, 0.1) is 16.9 Å². The van der Waals surface area contributed by atoms with Crippen molar-refractivity contribution in [2.45, 2.75) is 19.9 Å². The van der Waals surface area contributed by atoms with E-state index in [1.54, 1.807) is 31.0 Å². The van der Waals surface area contributed by atoms with Crippen molar-refractivity contribution in [3.8, 4) is 0 Å². The molecule has 1 N–H and O–H groups in total. The first kappa shape index (κ1) is 13.5. The largest absolute Gasteiger partial charge is 0.351 e. The van der Waals surface area contributed by atoms with Crippen molar-refractivity contribution in [1.82, 2.24) is 30.1 Å². The topological polar surface area (TPSA) is 77.6 Å². The average molecular weight is 283 g/mol. The van der Waals surface area contributed by atoms with E-state index in [9.17, 15) is 4.79 Å². The van der Waals surface area contributed by atoms with Gasteiger partial charge in [-0.15, -0.1) is 5.10 Å². The highest BCUT2D eigenvalue weighted by Crippen LogP contribution is 2.18. The Bertz CT molecular complexity index is 562. The Morgan fingerprint density at radius 2 is 2.32 bits per heavy atom. The molecular formula is C11H15ClN6O. The van der Waals surface area contributed by atoms with Gasteiger partial charge in [0, 0.05) is 26.3 Å². The fourth-order valence-electron chi connectivity index (χ4n) is 1.76. The van der Waals surface area contributed by atoms with Crippen molar-refractivity contribution in [3.05, 3.63) is 28.8 Å². The monoisotopic (exact) mass is 282 g/mol. The summed E-state index contributed by atoms with van der Waals surface area (Å²) in [4.78, 5) is 12.0. The Kier molecular flexibility index (Phi) is 4.16. The molecule has 19 heavy (non-hydrogen) atoms. The number of hydrogen-bond acceptors (Lipinski definition) is 4. The number of hydrogen-bond donors (Lipinski definition) is 1. The molecule has 0 radical (unpaired) electrons. The third-order valence-corrected chi connectivity index (χ3v) is 3.14. The molecule has 7 nitrogen and oxygen atoms in total. The molecule has 0 fully saturated rings. The van der Waals surface area contributed by atoms with E-state index < -0.39 is 0 Å². The molecule has 0 saturated heterocycles. The summed E-state index contributed by atoms with van der Waals surface area (Å²) in [7, 11) is 1.70. The molecule has 0 saturated carbocycles. The van der Waals surface area contributed by atoms with Crippen molar-refractivity contribution >= 4 is 17.5 Å². The van der Waals surface area contributed by atoms with Crippen LogP contribution in [0.3, 0.4) is 0 Å². The highest BCUT2D eigenvalue weighted by Gasteiger charge is 2.17. The first-order valence-electron chi connectivity index (χ1n) is 5.91. The molecule has 0 atom stereocenters. The smallest absolute Gasteiger partial charge is 0.271 e. The summed E-state index contributed by atoms with van der Waals surface area (Å²) in [5.41, 5.74) is 1.04. The van der Waals surface area contributed by atoms with Crippen LogP contribution in [0.25, 0.3) is 0 Å². The fourth-order valence-corrected chi connectivity index (χ4v) is 2.00. The second kappa shape index (κ2) is 5.83. The van der Waals surface area contributed by atoms with E-state index in [1.165, 1.54) is 4.68 Å². The van der Waals surface area contributed by atoms with Crippen LogP contribution >= 0.6 is 11.6 Å². The lowest BCUT2D eigenvalue weighted by atomic mass is 10.3. The molecular weight excluding hydrogens is 268 g/mol. The molecule has 0 aliphatic heterocycles. The van der Waals surface area contributed by atoms with Gasteiger partial charge in [-0.1, -0.05) is 16.8 Å². The lowest BCUT2D eigenvalue weighted by Gasteiger charge is -2.05. The second-order valence-electron chi connectivity index (χ2n) is 4.15. The second-order valence-corrected chi connectivity index (χ2v) is 4.53. The SMILES string of the molecule is Cc1nn(C)c(C(=O)NCCCn2ccnn2)c1Cl. The quantitative estimate of drug-likeness (QED) is 0.823. The third-order valence-electron chi connectivity index (χ3n) is 2.69. The number of nitrogens with zero attached hydrogens (tertiary/aromatic N) is 5. The normalized spacial score (nSPS) is 10.7. The van der Waals surface area contributed by atoms with Crippen molar-refractivity contribution in [3.63, 3.8) is 0 Å². The van der Waals surface area contributed by atoms with E-state index >= 15 is 0 Å². The van der Waals surface area contributed by atoms with Gasteiger partial charge in [0.25, 0.3) is 5.91 Å². The van der Waals surface area contributed by atoms with E-state index in [1.807, 2.05) is 0 Å². The lowest BCUT2D eigenvalue weighted by Crippen LogP contribution is -2.27. The number of carbonyl (C=O) groups excluding carboxylic acids is 1. The highest BCUT2D eigenvalue weighted by molar-refractivity contribution is 6.34. The predicted octanol–water partition coefficient (Wildman–Crippen LogP) is 0.794. The molecule has 2 heterocycles. The summed E-state index contributed by atoms with van der Waals surface area (Å²) in [6, 6.07) is 0. The molecule has 1 amide bonds. The van der Waals surface area contributed by atoms with Crippen molar-refractivity contribution in [1.29, 1.82) is 0 Å². The maximum absolute atomic E-state index is 12.0. The van der Waals surface area contributed by atoms with Crippen LogP contribution in [0.15, 0.2) is 12.4 Å². The number of aryl methyl sites for hydroxylation is 3. The van der Waals surface area contributed by atoms with Gasteiger partial charge in [0.15, 0.2) is 0 Å². The molecule has 2 aromatic heterocycles. The van der Waals surface area contributed by atoms with Crippen molar-refractivity contribution in [2.75, 3.05) is 6.54 Å². The number of amides is 1. The molecule has 8 heteroatoms. The maximum Gasteiger partial charge on any atom is 0.271 e. The minimum absolute atomic E-state index is 0.216. The third kappa shape index (κ3) is 3.11. The molecule has 0 aliphatic carbocycles. The van der Waals surface area contributed by atoms with Crippen LogP contribution in [0, 0.1) is 6.92 Å². The lowest BCUT2D eigenvalue weighted by molar-refractivity contribution is 0.0943. The van der Waals surface area contributed by atoms with Gasteiger partial charge in [-0.05, 0) is 13.3 Å². The number of halogens is 1. The number of carbonyl (C=O) groups is 1. The summed E-state index contributed by atoms with van der Waals surface area (Å²) < 4.78 is 3.21. The van der Waals surface area contributed by atoms with Gasteiger partial charge in [0.2, 0.25) is 0 Å². The zero-order chi connectivity index (χ0) is 13.8. The Labute approximate surface area is 115 Å².